The van der Waals surface area contributed by atoms with Crippen LogP contribution in [-0.2, 0) is 0 Å². The highest BCUT2D eigenvalue weighted by atomic mass is 35.5. The van der Waals surface area contributed by atoms with Gasteiger partial charge in [-0.25, -0.2) is 0 Å². The van der Waals surface area contributed by atoms with Gasteiger partial charge in [0.25, 0.3) is 0 Å². The first-order valence-electron chi connectivity index (χ1n) is 5.63. The molecule has 0 fully saturated rings. The van der Waals surface area contributed by atoms with Crippen molar-refractivity contribution in [3.8, 4) is 11.5 Å². The van der Waals surface area contributed by atoms with Crippen molar-refractivity contribution in [3.05, 3.63) is 23.8 Å². The maximum absolute atomic E-state index is 10.0. The van der Waals surface area contributed by atoms with Crippen LogP contribution in [0.15, 0.2) is 18.2 Å². The van der Waals surface area contributed by atoms with E-state index < -0.39 is 6.10 Å². The van der Waals surface area contributed by atoms with E-state index in [1.807, 2.05) is 37.2 Å². The number of hydrogen-bond acceptors (Lipinski definition) is 4. The van der Waals surface area contributed by atoms with Crippen LogP contribution in [0.5, 0.6) is 11.5 Å². The summed E-state index contributed by atoms with van der Waals surface area (Å²) in [6.07, 6.45) is 0.222. The summed E-state index contributed by atoms with van der Waals surface area (Å²) >= 11 is 0. The summed E-state index contributed by atoms with van der Waals surface area (Å²) < 4.78 is 10.4. The lowest BCUT2D eigenvalue weighted by atomic mass is 10.1. The molecule has 1 atom stereocenters. The molecule has 0 amide bonds. The molecular weight excluding hydrogens is 254 g/mol. The zero-order valence-corrected chi connectivity index (χ0v) is 12.2. The van der Waals surface area contributed by atoms with Crippen LogP contribution in [0.1, 0.15) is 18.1 Å². The van der Waals surface area contributed by atoms with E-state index in [2.05, 4.69) is 0 Å². The molecular formula is C13H22ClNO3. The predicted octanol–water partition coefficient (Wildman–Crippen LogP) is 2.11. The van der Waals surface area contributed by atoms with E-state index in [0.29, 0.717) is 17.9 Å². The van der Waals surface area contributed by atoms with E-state index in [9.17, 15) is 5.11 Å². The number of halogens is 1. The lowest BCUT2D eigenvalue weighted by molar-refractivity contribution is 0.154. The lowest BCUT2D eigenvalue weighted by Crippen LogP contribution is -2.15. The van der Waals surface area contributed by atoms with Gasteiger partial charge in [-0.1, -0.05) is 6.07 Å². The van der Waals surface area contributed by atoms with Crippen molar-refractivity contribution in [3.63, 3.8) is 0 Å². The molecule has 0 aliphatic rings. The molecule has 18 heavy (non-hydrogen) atoms. The Bertz CT molecular complexity index is 358. The minimum absolute atomic E-state index is 0. The number of aliphatic hydroxyl groups is 1. The van der Waals surface area contributed by atoms with Crippen LogP contribution in [0.25, 0.3) is 0 Å². The summed E-state index contributed by atoms with van der Waals surface area (Å²) in [6, 6.07) is 5.49. The first-order chi connectivity index (χ1) is 8.08. The van der Waals surface area contributed by atoms with Crippen molar-refractivity contribution in [2.75, 3.05) is 34.9 Å². The summed E-state index contributed by atoms with van der Waals surface area (Å²) in [7, 11) is 7.16. The van der Waals surface area contributed by atoms with Crippen molar-refractivity contribution in [2.45, 2.75) is 12.5 Å². The molecule has 4 nitrogen and oxygen atoms in total. The summed E-state index contributed by atoms with van der Waals surface area (Å²) in [5, 5.41) is 10.0. The van der Waals surface area contributed by atoms with Crippen LogP contribution in [0.2, 0.25) is 0 Å². The molecule has 0 aliphatic carbocycles. The first-order valence-corrected chi connectivity index (χ1v) is 5.63. The fraction of sp³-hybridized carbons (Fsp3) is 0.538. The van der Waals surface area contributed by atoms with Gasteiger partial charge in [-0.3, -0.25) is 0 Å². The average Bonchev–Trinajstić information content (AvgIpc) is 2.34. The highest BCUT2D eigenvalue weighted by Gasteiger charge is 2.11. The molecule has 5 heteroatoms. The second kappa shape index (κ2) is 8.19. The first kappa shape index (κ1) is 17.0. The highest BCUT2D eigenvalue weighted by molar-refractivity contribution is 5.85. The largest absolute Gasteiger partial charge is 0.493 e. The topological polar surface area (TPSA) is 41.9 Å². The molecule has 0 aromatic heterocycles. The molecule has 0 radical (unpaired) electrons. The zero-order chi connectivity index (χ0) is 12.8. The van der Waals surface area contributed by atoms with Gasteiger partial charge in [-0.15, -0.1) is 12.4 Å². The Balaban J connectivity index is 0.00000289. The van der Waals surface area contributed by atoms with E-state index in [1.165, 1.54) is 0 Å². The summed E-state index contributed by atoms with van der Waals surface area (Å²) in [6.45, 7) is 0.843. The Morgan fingerprint density at radius 3 is 2.28 bits per heavy atom. The number of ether oxygens (including phenoxy) is 2. The van der Waals surface area contributed by atoms with Crippen molar-refractivity contribution < 1.29 is 14.6 Å². The lowest BCUT2D eigenvalue weighted by Gasteiger charge is -2.16. The Hall–Kier alpha value is -0.970. The quantitative estimate of drug-likeness (QED) is 0.863. The minimum Gasteiger partial charge on any atom is -0.493 e. The van der Waals surface area contributed by atoms with Gasteiger partial charge in [-0.05, 0) is 38.2 Å². The molecule has 1 aromatic rings. The Morgan fingerprint density at radius 1 is 1.17 bits per heavy atom. The SMILES string of the molecule is COc1ccc(C(O)CCN(C)C)cc1OC.Cl. The minimum atomic E-state index is -0.475. The van der Waals surface area contributed by atoms with Gasteiger partial charge in [0.2, 0.25) is 0 Å². The monoisotopic (exact) mass is 275 g/mol. The van der Waals surface area contributed by atoms with Gasteiger partial charge in [0.05, 0.1) is 20.3 Å². The van der Waals surface area contributed by atoms with Gasteiger partial charge in [0, 0.05) is 6.54 Å². The maximum atomic E-state index is 10.0. The highest BCUT2D eigenvalue weighted by Crippen LogP contribution is 2.30. The average molecular weight is 276 g/mol. The Kier molecular flexibility index (Phi) is 7.75. The van der Waals surface area contributed by atoms with E-state index in [-0.39, 0.29) is 12.4 Å². The third kappa shape index (κ3) is 4.72. The molecule has 1 aromatic carbocycles. The van der Waals surface area contributed by atoms with Crippen molar-refractivity contribution in [2.24, 2.45) is 0 Å². The van der Waals surface area contributed by atoms with Gasteiger partial charge in [0.1, 0.15) is 0 Å². The van der Waals surface area contributed by atoms with Crippen LogP contribution < -0.4 is 9.47 Å². The van der Waals surface area contributed by atoms with Crippen molar-refractivity contribution >= 4 is 12.4 Å². The number of benzene rings is 1. The standard InChI is InChI=1S/C13H21NO3.ClH/c1-14(2)8-7-11(15)10-5-6-12(16-3)13(9-10)17-4;/h5-6,9,11,15H,7-8H2,1-4H3;1H. The fourth-order valence-corrected chi connectivity index (χ4v) is 1.61. The smallest absolute Gasteiger partial charge is 0.161 e. The summed E-state index contributed by atoms with van der Waals surface area (Å²) in [5.74, 6) is 1.32. The second-order valence-electron chi connectivity index (χ2n) is 4.22. The van der Waals surface area contributed by atoms with Crippen LogP contribution in [0, 0.1) is 0 Å². The number of aliphatic hydroxyl groups excluding tert-OH is 1. The van der Waals surface area contributed by atoms with Gasteiger partial charge in [-0.2, -0.15) is 0 Å². The fourth-order valence-electron chi connectivity index (χ4n) is 1.61. The molecule has 0 aliphatic heterocycles. The molecule has 1 N–H and O–H groups in total. The normalized spacial score (nSPS) is 11.9. The molecule has 1 rings (SSSR count). The second-order valence-corrected chi connectivity index (χ2v) is 4.22. The van der Waals surface area contributed by atoms with Crippen LogP contribution in [0.3, 0.4) is 0 Å². The molecule has 0 spiro atoms. The molecule has 1 unspecified atom stereocenters. The van der Waals surface area contributed by atoms with Crippen LogP contribution >= 0.6 is 12.4 Å². The molecule has 0 saturated heterocycles. The number of hydrogen-bond donors (Lipinski definition) is 1. The maximum Gasteiger partial charge on any atom is 0.161 e. The molecule has 0 heterocycles. The number of methoxy groups -OCH3 is 2. The number of rotatable bonds is 6. The molecule has 0 bridgehead atoms. The van der Waals surface area contributed by atoms with E-state index in [0.717, 1.165) is 12.1 Å². The van der Waals surface area contributed by atoms with E-state index >= 15 is 0 Å². The van der Waals surface area contributed by atoms with Gasteiger partial charge in [0.15, 0.2) is 11.5 Å². The van der Waals surface area contributed by atoms with Crippen LogP contribution in [0.4, 0.5) is 0 Å². The summed E-state index contributed by atoms with van der Waals surface area (Å²) in [4.78, 5) is 2.05. The molecule has 0 saturated carbocycles. The zero-order valence-electron chi connectivity index (χ0n) is 11.3. The number of nitrogens with zero attached hydrogens (tertiary/aromatic N) is 1. The van der Waals surface area contributed by atoms with E-state index in [4.69, 9.17) is 9.47 Å². The molecule has 104 valence electrons. The van der Waals surface area contributed by atoms with Crippen molar-refractivity contribution in [1.82, 2.24) is 4.90 Å². The summed E-state index contributed by atoms with van der Waals surface area (Å²) in [5.41, 5.74) is 0.851. The predicted molar refractivity (Wildman–Crippen MR) is 74.9 cm³/mol. The van der Waals surface area contributed by atoms with E-state index in [1.54, 1.807) is 14.2 Å². The van der Waals surface area contributed by atoms with Crippen molar-refractivity contribution in [1.29, 1.82) is 0 Å². The van der Waals surface area contributed by atoms with Crippen LogP contribution in [-0.4, -0.2) is 44.9 Å². The van der Waals surface area contributed by atoms with Gasteiger partial charge >= 0.3 is 0 Å². The third-order valence-corrected chi connectivity index (χ3v) is 2.64. The van der Waals surface area contributed by atoms with Gasteiger partial charge < -0.3 is 19.5 Å². The Morgan fingerprint density at radius 2 is 1.78 bits per heavy atom. The third-order valence-electron chi connectivity index (χ3n) is 2.64. The Labute approximate surface area is 115 Å².